The van der Waals surface area contributed by atoms with E-state index >= 15 is 0 Å². The minimum atomic E-state index is 0.658. The molecule has 0 saturated carbocycles. The molecule has 0 atom stereocenters. The molecule has 0 aliphatic rings. The molecule has 0 spiro atoms. The molecule has 8 rings (SSSR count). The fourth-order valence-corrected chi connectivity index (χ4v) is 6.99. The van der Waals surface area contributed by atoms with Crippen molar-refractivity contribution in [1.29, 1.82) is 10.5 Å². The second-order valence-corrected chi connectivity index (χ2v) is 12.9. The van der Waals surface area contributed by atoms with Crippen molar-refractivity contribution in [2.24, 2.45) is 0 Å². The molecule has 0 fully saturated rings. The summed E-state index contributed by atoms with van der Waals surface area (Å²) in [4.78, 5) is 0. The van der Waals surface area contributed by atoms with Crippen molar-refractivity contribution in [2.45, 2.75) is 26.7 Å². The Bertz CT molecular complexity index is 2530. The molecular formula is C48H34N2O2. The number of rotatable bonds is 8. The number of hydrogen-bond donors (Lipinski definition) is 0. The van der Waals surface area contributed by atoms with Crippen LogP contribution < -0.4 is 0 Å². The highest BCUT2D eigenvalue weighted by atomic mass is 16.3. The Morgan fingerprint density at radius 1 is 0.423 bits per heavy atom. The number of benzene rings is 6. The maximum atomic E-state index is 9.07. The van der Waals surface area contributed by atoms with Gasteiger partial charge >= 0.3 is 0 Å². The maximum absolute atomic E-state index is 9.07. The number of hydrogen-bond acceptors (Lipinski definition) is 4. The summed E-state index contributed by atoms with van der Waals surface area (Å²) >= 11 is 0. The Hall–Kier alpha value is -6.88. The highest BCUT2D eigenvalue weighted by Gasteiger charge is 2.21. The molecule has 0 aliphatic heterocycles. The van der Waals surface area contributed by atoms with Crippen LogP contribution in [0.25, 0.3) is 79.3 Å². The maximum Gasteiger partial charge on any atom is 0.142 e. The average molecular weight is 671 g/mol. The van der Waals surface area contributed by atoms with E-state index in [0.717, 1.165) is 102 Å². The van der Waals surface area contributed by atoms with Gasteiger partial charge in [-0.25, -0.2) is 0 Å². The van der Waals surface area contributed by atoms with Crippen molar-refractivity contribution < 1.29 is 8.83 Å². The topological polar surface area (TPSA) is 73.9 Å². The van der Waals surface area contributed by atoms with E-state index in [1.165, 1.54) is 0 Å². The van der Waals surface area contributed by atoms with Gasteiger partial charge in [-0.1, -0.05) is 111 Å². The Kier molecular flexibility index (Phi) is 8.58. The second kappa shape index (κ2) is 13.8. The summed E-state index contributed by atoms with van der Waals surface area (Å²) in [6.07, 6.45) is 9.85. The van der Waals surface area contributed by atoms with Crippen molar-refractivity contribution in [3.63, 3.8) is 0 Å². The standard InChI is InChI=1S/C48H34N2O2/c1-3-43-45(37-21-17-33(18-22-37)7-5-31-9-13-35(29-49)14-10-31)41-27-25-40-39(47(41)51-43)26-28-42-46(44(4-2)52-48(40)42)38-23-19-34(20-24-38)8-6-32-11-15-36(30-50)16-12-32/h5-28H,3-4H2,1-2H3/b7-5+,8-6+. The van der Waals surface area contributed by atoms with E-state index < -0.39 is 0 Å². The quantitative estimate of drug-likeness (QED) is 0.151. The molecule has 4 heteroatoms. The van der Waals surface area contributed by atoms with Gasteiger partial charge in [0.05, 0.1) is 23.3 Å². The van der Waals surface area contributed by atoms with Gasteiger partial charge in [0.1, 0.15) is 22.7 Å². The molecule has 2 heterocycles. The summed E-state index contributed by atoms with van der Waals surface area (Å²) in [5.41, 5.74) is 11.9. The summed E-state index contributed by atoms with van der Waals surface area (Å²) in [7, 11) is 0. The van der Waals surface area contributed by atoms with Gasteiger partial charge in [-0.15, -0.1) is 0 Å². The van der Waals surface area contributed by atoms with Crippen molar-refractivity contribution >= 4 is 57.0 Å². The van der Waals surface area contributed by atoms with Crippen LogP contribution in [0.3, 0.4) is 0 Å². The van der Waals surface area contributed by atoms with Gasteiger partial charge in [0.15, 0.2) is 0 Å². The van der Waals surface area contributed by atoms with Gasteiger partial charge in [0.2, 0.25) is 0 Å². The van der Waals surface area contributed by atoms with E-state index in [-0.39, 0.29) is 0 Å². The lowest BCUT2D eigenvalue weighted by molar-refractivity contribution is 0.559. The van der Waals surface area contributed by atoms with Crippen LogP contribution in [0.4, 0.5) is 0 Å². The number of fused-ring (bicyclic) bond motifs is 5. The van der Waals surface area contributed by atoms with Crippen molar-refractivity contribution in [2.75, 3.05) is 0 Å². The predicted molar refractivity (Wildman–Crippen MR) is 213 cm³/mol. The monoisotopic (exact) mass is 670 g/mol. The zero-order valence-electron chi connectivity index (χ0n) is 29.0. The van der Waals surface area contributed by atoms with Gasteiger partial charge in [-0.2, -0.15) is 10.5 Å². The minimum Gasteiger partial charge on any atom is -0.460 e. The molecule has 248 valence electrons. The summed E-state index contributed by atoms with van der Waals surface area (Å²) in [5.74, 6) is 1.93. The van der Waals surface area contributed by atoms with E-state index in [4.69, 9.17) is 19.4 Å². The van der Waals surface area contributed by atoms with Crippen LogP contribution in [-0.4, -0.2) is 0 Å². The molecule has 4 nitrogen and oxygen atoms in total. The average Bonchev–Trinajstić information content (AvgIpc) is 3.79. The largest absolute Gasteiger partial charge is 0.460 e. The minimum absolute atomic E-state index is 0.658. The molecule has 6 aromatic carbocycles. The van der Waals surface area contributed by atoms with Gasteiger partial charge in [-0.3, -0.25) is 0 Å². The second-order valence-electron chi connectivity index (χ2n) is 12.9. The molecular weight excluding hydrogens is 637 g/mol. The smallest absolute Gasteiger partial charge is 0.142 e. The van der Waals surface area contributed by atoms with Crippen molar-refractivity contribution in [3.05, 3.63) is 166 Å². The fourth-order valence-electron chi connectivity index (χ4n) is 6.99. The van der Waals surface area contributed by atoms with Crippen LogP contribution in [-0.2, 0) is 12.8 Å². The zero-order valence-corrected chi connectivity index (χ0v) is 29.0. The van der Waals surface area contributed by atoms with Crippen LogP contribution >= 0.6 is 0 Å². The van der Waals surface area contributed by atoms with Crippen molar-refractivity contribution in [1.82, 2.24) is 0 Å². The molecule has 52 heavy (non-hydrogen) atoms. The number of aryl methyl sites for hydroxylation is 2. The third kappa shape index (κ3) is 5.98. The first-order valence-electron chi connectivity index (χ1n) is 17.6. The normalized spacial score (nSPS) is 11.6. The van der Waals surface area contributed by atoms with Crippen LogP contribution in [0.15, 0.2) is 130 Å². The Balaban J connectivity index is 1.12. The molecule has 0 radical (unpaired) electrons. The molecule has 0 bridgehead atoms. The SMILES string of the molecule is CCc1oc2c(ccc3c2ccc2c(-c4ccc(/C=C/c5ccc(C#N)cc5)cc4)c(CC)oc23)c1-c1ccc(/C=C/c2ccc(C#N)cc2)cc1. The van der Waals surface area contributed by atoms with Crippen LogP contribution in [0.5, 0.6) is 0 Å². The Labute approximate surface area is 302 Å². The van der Waals surface area contributed by atoms with Crippen molar-refractivity contribution in [3.8, 4) is 34.4 Å². The third-order valence-electron chi connectivity index (χ3n) is 9.71. The predicted octanol–water partition coefficient (Wildman–Crippen LogP) is 12.9. The first-order chi connectivity index (χ1) is 25.6. The highest BCUT2D eigenvalue weighted by Crippen LogP contribution is 2.43. The van der Waals surface area contributed by atoms with E-state index in [1.54, 1.807) is 0 Å². The molecule has 0 saturated heterocycles. The Morgan fingerprint density at radius 3 is 1.04 bits per heavy atom. The van der Waals surface area contributed by atoms with Crippen LogP contribution in [0.2, 0.25) is 0 Å². The highest BCUT2D eigenvalue weighted by molar-refractivity contribution is 6.18. The van der Waals surface area contributed by atoms with E-state index in [9.17, 15) is 0 Å². The molecule has 0 N–H and O–H groups in total. The van der Waals surface area contributed by atoms with Gasteiger partial charge in [0.25, 0.3) is 0 Å². The number of nitriles is 2. The molecule has 8 aromatic rings. The summed E-state index contributed by atoms with van der Waals surface area (Å²) < 4.78 is 13.3. The molecule has 2 aromatic heterocycles. The van der Waals surface area contributed by atoms with Gasteiger partial charge in [0, 0.05) is 45.5 Å². The Morgan fingerprint density at radius 2 is 0.731 bits per heavy atom. The summed E-state index contributed by atoms with van der Waals surface area (Å²) in [6.45, 7) is 4.27. The van der Waals surface area contributed by atoms with Gasteiger partial charge < -0.3 is 8.83 Å². The molecule has 0 unspecified atom stereocenters. The number of furan rings is 2. The van der Waals surface area contributed by atoms with Crippen LogP contribution in [0, 0.1) is 22.7 Å². The fraction of sp³-hybridized carbons (Fsp3) is 0.0833. The zero-order chi connectivity index (χ0) is 35.6. The first-order valence-corrected chi connectivity index (χ1v) is 17.6. The van der Waals surface area contributed by atoms with E-state index in [2.05, 4.69) is 123 Å². The molecule has 0 amide bonds. The summed E-state index contributed by atoms with van der Waals surface area (Å²) in [5, 5.41) is 22.4. The van der Waals surface area contributed by atoms with Crippen LogP contribution in [0.1, 0.15) is 58.7 Å². The van der Waals surface area contributed by atoms with Gasteiger partial charge in [-0.05, 0) is 81.9 Å². The summed E-state index contributed by atoms with van der Waals surface area (Å²) in [6, 6.07) is 45.4. The van der Waals surface area contributed by atoms with E-state index in [0.29, 0.717) is 11.1 Å². The molecule has 0 aliphatic carbocycles. The lowest BCUT2D eigenvalue weighted by Crippen LogP contribution is -1.84. The lowest BCUT2D eigenvalue weighted by atomic mass is 9.95. The lowest BCUT2D eigenvalue weighted by Gasteiger charge is -2.05. The third-order valence-corrected chi connectivity index (χ3v) is 9.71. The first kappa shape index (κ1) is 32.3. The van der Waals surface area contributed by atoms with E-state index in [1.807, 2.05) is 48.5 Å². The number of nitrogens with zero attached hydrogens (tertiary/aromatic N) is 2.